The molecule has 1 aromatic heterocycles. The summed E-state index contributed by atoms with van der Waals surface area (Å²) in [4.78, 5) is 10.2. The molecule has 5 nitrogen and oxygen atoms in total. The minimum Gasteiger partial charge on any atom is -0.378 e. The highest BCUT2D eigenvalue weighted by molar-refractivity contribution is 5.58. The van der Waals surface area contributed by atoms with Gasteiger partial charge in [0, 0.05) is 13.1 Å². The molecule has 1 fully saturated rings. The maximum absolute atomic E-state index is 13.1. The van der Waals surface area contributed by atoms with Gasteiger partial charge < -0.3 is 9.72 Å². The molecule has 1 aliphatic rings. The van der Waals surface area contributed by atoms with Crippen LogP contribution in [0.2, 0.25) is 0 Å². The smallest absolute Gasteiger partial charge is 0.126 e. The fourth-order valence-corrected chi connectivity index (χ4v) is 3.33. The van der Waals surface area contributed by atoms with E-state index < -0.39 is 0 Å². The fraction of sp³-hybridized carbons (Fsp3) is 0.238. The number of rotatable bonds is 4. The third-order valence-corrected chi connectivity index (χ3v) is 4.75. The van der Waals surface area contributed by atoms with E-state index in [-0.39, 0.29) is 11.9 Å². The minimum absolute atomic E-state index is 0.00121. The largest absolute Gasteiger partial charge is 0.378 e. The Bertz CT molecular complexity index is 961. The van der Waals surface area contributed by atoms with Crippen molar-refractivity contribution in [2.45, 2.75) is 12.6 Å². The molecule has 0 bridgehead atoms. The summed E-state index contributed by atoms with van der Waals surface area (Å²) in [6, 6.07) is 16.2. The molecule has 136 valence electrons. The average molecular weight is 362 g/mol. The van der Waals surface area contributed by atoms with Crippen LogP contribution in [0.3, 0.4) is 0 Å². The average Bonchev–Trinajstić information content (AvgIpc) is 3.19. The second kappa shape index (κ2) is 7.70. The highest BCUT2D eigenvalue weighted by Crippen LogP contribution is 2.26. The lowest BCUT2D eigenvalue weighted by atomic mass is 10.1. The number of benzene rings is 2. The first-order valence-corrected chi connectivity index (χ1v) is 8.84. The third kappa shape index (κ3) is 3.90. The van der Waals surface area contributed by atoms with Gasteiger partial charge in [0.25, 0.3) is 0 Å². The van der Waals surface area contributed by atoms with E-state index in [1.54, 1.807) is 18.3 Å². The SMILES string of the molecule is N#Cc1cccc(CN2CCOCC2c2ncc(-c3ccc(F)cc3)[nH]2)c1. The van der Waals surface area contributed by atoms with Crippen LogP contribution in [-0.4, -0.2) is 34.6 Å². The van der Waals surface area contributed by atoms with Gasteiger partial charge in [-0.05, 0) is 47.5 Å². The van der Waals surface area contributed by atoms with E-state index >= 15 is 0 Å². The Morgan fingerprint density at radius 1 is 1.26 bits per heavy atom. The van der Waals surface area contributed by atoms with E-state index in [2.05, 4.69) is 20.9 Å². The van der Waals surface area contributed by atoms with Crippen molar-refractivity contribution in [1.82, 2.24) is 14.9 Å². The van der Waals surface area contributed by atoms with E-state index in [9.17, 15) is 4.39 Å². The second-order valence-corrected chi connectivity index (χ2v) is 6.56. The van der Waals surface area contributed by atoms with Crippen molar-refractivity contribution in [1.29, 1.82) is 5.26 Å². The number of H-pyrrole nitrogens is 1. The van der Waals surface area contributed by atoms with E-state index in [4.69, 9.17) is 10.00 Å². The summed E-state index contributed by atoms with van der Waals surface area (Å²) in [6.45, 7) is 2.72. The van der Waals surface area contributed by atoms with Gasteiger partial charge in [-0.1, -0.05) is 12.1 Å². The highest BCUT2D eigenvalue weighted by Gasteiger charge is 2.27. The Balaban J connectivity index is 1.55. The predicted octanol–water partition coefficient (Wildman–Crippen LogP) is 3.66. The number of halogens is 1. The van der Waals surface area contributed by atoms with Crippen molar-refractivity contribution in [3.05, 3.63) is 77.5 Å². The number of morpholine rings is 1. The zero-order valence-corrected chi connectivity index (χ0v) is 14.7. The van der Waals surface area contributed by atoms with Crippen LogP contribution < -0.4 is 0 Å². The molecule has 2 heterocycles. The molecule has 1 N–H and O–H groups in total. The van der Waals surface area contributed by atoms with Gasteiger partial charge in [0.1, 0.15) is 11.6 Å². The molecule has 1 saturated heterocycles. The van der Waals surface area contributed by atoms with Gasteiger partial charge in [-0.15, -0.1) is 0 Å². The van der Waals surface area contributed by atoms with Crippen LogP contribution in [0, 0.1) is 17.1 Å². The van der Waals surface area contributed by atoms with Crippen LogP contribution in [-0.2, 0) is 11.3 Å². The van der Waals surface area contributed by atoms with Gasteiger partial charge in [-0.3, -0.25) is 4.90 Å². The normalized spacial score (nSPS) is 17.6. The van der Waals surface area contributed by atoms with Crippen molar-refractivity contribution in [3.8, 4) is 17.3 Å². The topological polar surface area (TPSA) is 64.9 Å². The summed E-state index contributed by atoms with van der Waals surface area (Å²) in [5, 5.41) is 9.10. The number of aromatic nitrogens is 2. The molecule has 6 heteroatoms. The van der Waals surface area contributed by atoms with Gasteiger partial charge >= 0.3 is 0 Å². The number of aromatic amines is 1. The number of ether oxygens (including phenoxy) is 1. The first-order valence-electron chi connectivity index (χ1n) is 8.84. The van der Waals surface area contributed by atoms with Crippen molar-refractivity contribution in [2.24, 2.45) is 0 Å². The molecule has 0 amide bonds. The van der Waals surface area contributed by atoms with E-state index in [0.29, 0.717) is 18.8 Å². The van der Waals surface area contributed by atoms with Crippen molar-refractivity contribution >= 4 is 0 Å². The zero-order chi connectivity index (χ0) is 18.6. The number of nitrogens with one attached hydrogen (secondary N) is 1. The van der Waals surface area contributed by atoms with Gasteiger partial charge in [0.05, 0.1) is 42.8 Å². The van der Waals surface area contributed by atoms with E-state index in [1.165, 1.54) is 12.1 Å². The van der Waals surface area contributed by atoms with Gasteiger partial charge in [0.2, 0.25) is 0 Å². The second-order valence-electron chi connectivity index (χ2n) is 6.56. The Morgan fingerprint density at radius 2 is 2.11 bits per heavy atom. The van der Waals surface area contributed by atoms with Gasteiger partial charge in [-0.25, -0.2) is 9.37 Å². The molecular weight excluding hydrogens is 343 g/mol. The first kappa shape index (κ1) is 17.4. The Morgan fingerprint density at radius 3 is 2.93 bits per heavy atom. The summed E-state index contributed by atoms with van der Waals surface area (Å²) in [6.07, 6.45) is 1.77. The molecule has 2 aromatic carbocycles. The predicted molar refractivity (Wildman–Crippen MR) is 99.1 cm³/mol. The Labute approximate surface area is 157 Å². The molecule has 4 rings (SSSR count). The molecule has 1 unspecified atom stereocenters. The monoisotopic (exact) mass is 362 g/mol. The quantitative estimate of drug-likeness (QED) is 0.769. The van der Waals surface area contributed by atoms with Crippen molar-refractivity contribution in [2.75, 3.05) is 19.8 Å². The summed E-state index contributed by atoms with van der Waals surface area (Å²) in [5.41, 5.74) is 3.49. The summed E-state index contributed by atoms with van der Waals surface area (Å²) < 4.78 is 18.8. The van der Waals surface area contributed by atoms with Crippen LogP contribution in [0.4, 0.5) is 4.39 Å². The molecule has 3 aromatic rings. The standard InChI is InChI=1S/C21H19FN4O/c22-18-6-4-17(5-7-18)19-12-24-21(25-19)20-14-27-9-8-26(20)13-16-3-1-2-15(10-16)11-23/h1-7,10,12,20H,8-9,13-14H2,(H,24,25). The number of nitrogens with zero attached hydrogens (tertiary/aromatic N) is 3. The van der Waals surface area contributed by atoms with Crippen molar-refractivity contribution < 1.29 is 9.13 Å². The Hall–Kier alpha value is -3.01. The maximum Gasteiger partial charge on any atom is 0.126 e. The lowest BCUT2D eigenvalue weighted by molar-refractivity contribution is -0.0156. The molecule has 0 spiro atoms. The molecule has 1 aliphatic heterocycles. The summed E-state index contributed by atoms with van der Waals surface area (Å²) in [5.74, 6) is 0.565. The molecule has 1 atom stereocenters. The molecule has 27 heavy (non-hydrogen) atoms. The molecule has 0 saturated carbocycles. The van der Waals surface area contributed by atoms with Crippen molar-refractivity contribution in [3.63, 3.8) is 0 Å². The van der Waals surface area contributed by atoms with E-state index in [0.717, 1.165) is 35.7 Å². The fourth-order valence-electron chi connectivity index (χ4n) is 3.33. The number of nitriles is 1. The highest BCUT2D eigenvalue weighted by atomic mass is 19.1. The zero-order valence-electron chi connectivity index (χ0n) is 14.7. The Kier molecular flexibility index (Phi) is 4.97. The van der Waals surface area contributed by atoms with Crippen LogP contribution in [0.25, 0.3) is 11.3 Å². The van der Waals surface area contributed by atoms with Crippen LogP contribution in [0.15, 0.2) is 54.7 Å². The first-order chi connectivity index (χ1) is 13.2. The lowest BCUT2D eigenvalue weighted by Crippen LogP contribution is -2.39. The summed E-state index contributed by atoms with van der Waals surface area (Å²) in [7, 11) is 0. The maximum atomic E-state index is 13.1. The van der Waals surface area contributed by atoms with Crippen LogP contribution in [0.1, 0.15) is 23.0 Å². The van der Waals surface area contributed by atoms with E-state index in [1.807, 2.05) is 24.3 Å². The third-order valence-electron chi connectivity index (χ3n) is 4.75. The van der Waals surface area contributed by atoms with Crippen LogP contribution >= 0.6 is 0 Å². The summed E-state index contributed by atoms with van der Waals surface area (Å²) >= 11 is 0. The minimum atomic E-state index is -0.259. The molecule has 0 radical (unpaired) electrons. The molecular formula is C21H19FN4O. The van der Waals surface area contributed by atoms with Crippen LogP contribution in [0.5, 0.6) is 0 Å². The molecule has 0 aliphatic carbocycles. The number of hydrogen-bond acceptors (Lipinski definition) is 4. The number of imidazole rings is 1. The lowest BCUT2D eigenvalue weighted by Gasteiger charge is -2.34. The number of hydrogen-bond donors (Lipinski definition) is 1. The van der Waals surface area contributed by atoms with Gasteiger partial charge in [0.15, 0.2) is 0 Å². The van der Waals surface area contributed by atoms with Gasteiger partial charge in [-0.2, -0.15) is 5.26 Å².